The molecule has 1 fully saturated rings. The van der Waals surface area contributed by atoms with Crippen LogP contribution in [0.1, 0.15) is 26.0 Å². The fraction of sp³-hybridized carbons (Fsp3) is 0.462. The van der Waals surface area contributed by atoms with E-state index in [9.17, 15) is 9.59 Å². The molecule has 5 heteroatoms. The lowest BCUT2D eigenvalue weighted by molar-refractivity contribution is -0.150. The smallest absolute Gasteiger partial charge is 0.248 e. The molecule has 1 unspecified atom stereocenters. The van der Waals surface area contributed by atoms with Crippen molar-refractivity contribution in [1.29, 1.82) is 0 Å². The van der Waals surface area contributed by atoms with Crippen molar-refractivity contribution in [3.63, 3.8) is 0 Å². The molecule has 1 aromatic heterocycles. The van der Waals surface area contributed by atoms with Crippen LogP contribution in [0.25, 0.3) is 0 Å². The largest absolute Gasteiger partial charge is 0.340 e. The quantitative estimate of drug-likeness (QED) is 0.855. The molecule has 1 atom stereocenters. The van der Waals surface area contributed by atoms with E-state index in [0.717, 1.165) is 5.69 Å². The summed E-state index contributed by atoms with van der Waals surface area (Å²) in [7, 11) is 0. The Morgan fingerprint density at radius 2 is 2.22 bits per heavy atom. The van der Waals surface area contributed by atoms with Gasteiger partial charge in [0.25, 0.3) is 0 Å². The molecule has 1 aromatic rings. The van der Waals surface area contributed by atoms with Crippen molar-refractivity contribution in [3.05, 3.63) is 30.1 Å². The first-order valence-electron chi connectivity index (χ1n) is 6.05. The highest BCUT2D eigenvalue weighted by Gasteiger charge is 2.41. The minimum absolute atomic E-state index is 0.0461. The molecule has 5 nitrogen and oxygen atoms in total. The van der Waals surface area contributed by atoms with Gasteiger partial charge in [-0.1, -0.05) is 13.0 Å². The van der Waals surface area contributed by atoms with Crippen molar-refractivity contribution in [2.45, 2.75) is 32.4 Å². The summed E-state index contributed by atoms with van der Waals surface area (Å²) >= 11 is 0. The van der Waals surface area contributed by atoms with E-state index in [1.165, 1.54) is 0 Å². The Bertz CT molecular complexity index is 461. The zero-order valence-corrected chi connectivity index (χ0v) is 10.6. The standard InChI is InChI=1S/C13H17N3O2/c1-3-13(2)12(18)16(9-11(17)15-13)8-10-6-4-5-7-14-10/h4-7H,3,8-9H2,1-2H3,(H,15,17). The predicted octanol–water partition coefficient (Wildman–Crippen LogP) is 0.709. The van der Waals surface area contributed by atoms with Crippen LogP contribution in [0.3, 0.4) is 0 Å². The third-order valence-electron chi connectivity index (χ3n) is 3.30. The fourth-order valence-electron chi connectivity index (χ4n) is 2.05. The van der Waals surface area contributed by atoms with E-state index in [4.69, 9.17) is 0 Å². The second kappa shape index (κ2) is 4.76. The maximum atomic E-state index is 12.3. The molecule has 0 radical (unpaired) electrons. The van der Waals surface area contributed by atoms with Crippen LogP contribution in [0.15, 0.2) is 24.4 Å². The molecule has 18 heavy (non-hydrogen) atoms. The van der Waals surface area contributed by atoms with Gasteiger partial charge in [0.1, 0.15) is 12.1 Å². The lowest BCUT2D eigenvalue weighted by atomic mass is 9.94. The summed E-state index contributed by atoms with van der Waals surface area (Å²) in [6, 6.07) is 5.54. The maximum Gasteiger partial charge on any atom is 0.248 e. The topological polar surface area (TPSA) is 62.3 Å². The number of amides is 2. The Morgan fingerprint density at radius 1 is 1.44 bits per heavy atom. The van der Waals surface area contributed by atoms with E-state index in [1.807, 2.05) is 25.1 Å². The normalized spacial score (nSPS) is 24.0. The van der Waals surface area contributed by atoms with E-state index < -0.39 is 5.54 Å². The van der Waals surface area contributed by atoms with Crippen LogP contribution < -0.4 is 5.32 Å². The molecule has 96 valence electrons. The Morgan fingerprint density at radius 3 is 2.83 bits per heavy atom. The lowest BCUT2D eigenvalue weighted by Crippen LogP contribution is -2.64. The molecular formula is C13H17N3O2. The first-order valence-corrected chi connectivity index (χ1v) is 6.05. The van der Waals surface area contributed by atoms with Gasteiger partial charge in [0.05, 0.1) is 12.2 Å². The number of rotatable bonds is 3. The van der Waals surface area contributed by atoms with Crippen molar-refractivity contribution in [3.8, 4) is 0 Å². The first kappa shape index (κ1) is 12.5. The number of nitrogens with one attached hydrogen (secondary N) is 1. The van der Waals surface area contributed by atoms with Gasteiger partial charge in [0.15, 0.2) is 0 Å². The third-order valence-corrected chi connectivity index (χ3v) is 3.30. The summed E-state index contributed by atoms with van der Waals surface area (Å²) in [5, 5.41) is 2.76. The monoisotopic (exact) mass is 247 g/mol. The van der Waals surface area contributed by atoms with Crippen molar-refractivity contribution in [2.24, 2.45) is 0 Å². The number of hydrogen-bond acceptors (Lipinski definition) is 3. The van der Waals surface area contributed by atoms with Crippen LogP contribution in [0.5, 0.6) is 0 Å². The SMILES string of the molecule is CCC1(C)NC(=O)CN(Cc2ccccn2)C1=O. The van der Waals surface area contributed by atoms with Gasteiger partial charge in [-0.25, -0.2) is 0 Å². The van der Waals surface area contributed by atoms with E-state index in [1.54, 1.807) is 18.0 Å². The molecule has 1 saturated heterocycles. The zero-order chi connectivity index (χ0) is 13.2. The van der Waals surface area contributed by atoms with Crippen LogP contribution in [0, 0.1) is 0 Å². The molecule has 1 aliphatic heterocycles. The van der Waals surface area contributed by atoms with Crippen LogP contribution in [0.4, 0.5) is 0 Å². The summed E-state index contributed by atoms with van der Waals surface area (Å²) in [6.07, 6.45) is 2.26. The number of aromatic nitrogens is 1. The highest BCUT2D eigenvalue weighted by Crippen LogP contribution is 2.19. The molecule has 0 aliphatic carbocycles. The van der Waals surface area contributed by atoms with E-state index >= 15 is 0 Å². The van der Waals surface area contributed by atoms with Gasteiger partial charge in [-0.2, -0.15) is 0 Å². The number of carbonyl (C=O) groups excluding carboxylic acids is 2. The highest BCUT2D eigenvalue weighted by atomic mass is 16.2. The predicted molar refractivity (Wildman–Crippen MR) is 66.5 cm³/mol. The molecule has 2 amide bonds. The van der Waals surface area contributed by atoms with Gasteiger partial charge < -0.3 is 10.2 Å². The van der Waals surface area contributed by atoms with Crippen molar-refractivity contribution < 1.29 is 9.59 Å². The first-order chi connectivity index (χ1) is 8.55. The van der Waals surface area contributed by atoms with Crippen molar-refractivity contribution in [2.75, 3.05) is 6.54 Å². The van der Waals surface area contributed by atoms with Crippen LogP contribution in [-0.2, 0) is 16.1 Å². The van der Waals surface area contributed by atoms with E-state index in [2.05, 4.69) is 10.3 Å². The Labute approximate surface area is 106 Å². The molecule has 0 saturated carbocycles. The second-order valence-corrected chi connectivity index (χ2v) is 4.72. The fourth-order valence-corrected chi connectivity index (χ4v) is 2.05. The van der Waals surface area contributed by atoms with Gasteiger partial charge in [-0.05, 0) is 25.5 Å². The maximum absolute atomic E-state index is 12.3. The van der Waals surface area contributed by atoms with Crippen molar-refractivity contribution >= 4 is 11.8 Å². The van der Waals surface area contributed by atoms with E-state index in [-0.39, 0.29) is 18.4 Å². The third kappa shape index (κ3) is 2.34. The molecule has 2 rings (SSSR count). The van der Waals surface area contributed by atoms with Gasteiger partial charge in [-0.3, -0.25) is 14.6 Å². The molecule has 0 bridgehead atoms. The van der Waals surface area contributed by atoms with Crippen LogP contribution in [0.2, 0.25) is 0 Å². The summed E-state index contributed by atoms with van der Waals surface area (Å²) < 4.78 is 0. The number of pyridine rings is 1. The number of hydrogen-bond donors (Lipinski definition) is 1. The Hall–Kier alpha value is -1.91. The second-order valence-electron chi connectivity index (χ2n) is 4.72. The number of carbonyl (C=O) groups is 2. The summed E-state index contributed by atoms with van der Waals surface area (Å²) in [5.74, 6) is -0.162. The van der Waals surface area contributed by atoms with Gasteiger partial charge in [0, 0.05) is 6.20 Å². The lowest BCUT2D eigenvalue weighted by Gasteiger charge is -2.39. The minimum atomic E-state index is -0.788. The molecule has 0 spiro atoms. The molecular weight excluding hydrogens is 230 g/mol. The molecule has 1 aliphatic rings. The summed E-state index contributed by atoms with van der Waals surface area (Å²) in [4.78, 5) is 29.7. The Balaban J connectivity index is 2.17. The zero-order valence-electron chi connectivity index (χ0n) is 10.6. The highest BCUT2D eigenvalue weighted by molar-refractivity contribution is 5.97. The average molecular weight is 247 g/mol. The molecule has 2 heterocycles. The number of nitrogens with zero attached hydrogens (tertiary/aromatic N) is 2. The summed E-state index contributed by atoms with van der Waals surface area (Å²) in [5.41, 5.74) is 0.00316. The van der Waals surface area contributed by atoms with Gasteiger partial charge in [-0.15, -0.1) is 0 Å². The Kier molecular flexibility index (Phi) is 3.32. The molecule has 1 N–H and O–H groups in total. The minimum Gasteiger partial charge on any atom is -0.340 e. The average Bonchev–Trinajstić information content (AvgIpc) is 2.37. The number of piperazine rings is 1. The van der Waals surface area contributed by atoms with Crippen molar-refractivity contribution in [1.82, 2.24) is 15.2 Å². The van der Waals surface area contributed by atoms with Crippen LogP contribution >= 0.6 is 0 Å². The van der Waals surface area contributed by atoms with Gasteiger partial charge >= 0.3 is 0 Å². The van der Waals surface area contributed by atoms with Crippen LogP contribution in [-0.4, -0.2) is 33.8 Å². The molecule has 0 aromatic carbocycles. The van der Waals surface area contributed by atoms with E-state index in [0.29, 0.717) is 13.0 Å². The summed E-state index contributed by atoms with van der Waals surface area (Å²) in [6.45, 7) is 4.13. The van der Waals surface area contributed by atoms with Gasteiger partial charge in [0.2, 0.25) is 11.8 Å².